The highest BCUT2D eigenvalue weighted by atomic mass is 35.5. The first-order valence-electron chi connectivity index (χ1n) is 5.65. The van der Waals surface area contributed by atoms with Gasteiger partial charge in [-0.3, -0.25) is 0 Å². The van der Waals surface area contributed by atoms with Gasteiger partial charge in [0.1, 0.15) is 11.9 Å². The van der Waals surface area contributed by atoms with Crippen molar-refractivity contribution in [3.8, 4) is 0 Å². The van der Waals surface area contributed by atoms with Gasteiger partial charge in [-0.1, -0.05) is 24.6 Å². The van der Waals surface area contributed by atoms with Gasteiger partial charge in [0.05, 0.1) is 5.02 Å². The molecule has 19 heavy (non-hydrogen) atoms. The average molecular weight is 289 g/mol. The highest BCUT2D eigenvalue weighted by Gasteiger charge is 2.17. The first-order chi connectivity index (χ1) is 8.93. The number of nitrogens with one attached hydrogen (secondary N) is 2. The fourth-order valence-corrected chi connectivity index (χ4v) is 1.58. The number of benzene rings is 1. The molecule has 1 rings (SSSR count). The van der Waals surface area contributed by atoms with E-state index in [2.05, 4.69) is 10.6 Å². The largest absolute Gasteiger partial charge is 0.480 e. The number of hydrogen-bond donors (Lipinski definition) is 3. The van der Waals surface area contributed by atoms with Gasteiger partial charge in [0.2, 0.25) is 0 Å². The summed E-state index contributed by atoms with van der Waals surface area (Å²) in [5, 5.41) is 13.5. The zero-order valence-corrected chi connectivity index (χ0v) is 11.0. The van der Waals surface area contributed by atoms with Crippen LogP contribution < -0.4 is 10.6 Å². The average Bonchev–Trinajstić information content (AvgIpc) is 2.37. The molecule has 0 unspecified atom stereocenters. The Kier molecular flexibility index (Phi) is 5.57. The summed E-state index contributed by atoms with van der Waals surface area (Å²) in [6.07, 6.45) is 0.283. The molecule has 5 nitrogen and oxygen atoms in total. The molecule has 0 aliphatic heterocycles. The lowest BCUT2D eigenvalue weighted by Crippen LogP contribution is -2.45. The SMILES string of the molecule is CC[C@H](NC(=O)NCc1ccc(F)c(Cl)c1)C(=O)O. The lowest BCUT2D eigenvalue weighted by atomic mass is 10.2. The number of carboxylic acid groups (broad SMARTS) is 1. The number of halogens is 2. The summed E-state index contributed by atoms with van der Waals surface area (Å²) >= 11 is 5.60. The lowest BCUT2D eigenvalue weighted by Gasteiger charge is -2.13. The molecule has 0 saturated heterocycles. The summed E-state index contributed by atoms with van der Waals surface area (Å²) in [4.78, 5) is 22.2. The maximum atomic E-state index is 12.9. The molecular formula is C12H14ClFN2O3. The molecule has 0 fully saturated rings. The standard InChI is InChI=1S/C12H14ClFN2O3/c1-2-10(11(17)18)16-12(19)15-6-7-3-4-9(14)8(13)5-7/h3-5,10H,2,6H2,1H3,(H,17,18)(H2,15,16,19)/t10-/m0/s1. The molecule has 0 aliphatic carbocycles. The van der Waals surface area contributed by atoms with Gasteiger partial charge in [0, 0.05) is 6.54 Å². The monoisotopic (exact) mass is 288 g/mol. The van der Waals surface area contributed by atoms with E-state index in [0.29, 0.717) is 5.56 Å². The molecule has 0 aromatic heterocycles. The van der Waals surface area contributed by atoms with E-state index in [1.807, 2.05) is 0 Å². The van der Waals surface area contributed by atoms with E-state index in [0.717, 1.165) is 0 Å². The van der Waals surface area contributed by atoms with Crippen LogP contribution in [0, 0.1) is 5.82 Å². The molecule has 0 heterocycles. The van der Waals surface area contributed by atoms with Crippen LogP contribution in [0.5, 0.6) is 0 Å². The van der Waals surface area contributed by atoms with Crippen LogP contribution in [0.25, 0.3) is 0 Å². The first kappa shape index (κ1) is 15.2. The molecule has 1 aromatic carbocycles. The zero-order valence-electron chi connectivity index (χ0n) is 10.2. The highest BCUT2D eigenvalue weighted by Crippen LogP contribution is 2.15. The Bertz CT molecular complexity index is 482. The Hall–Kier alpha value is -1.82. The van der Waals surface area contributed by atoms with Crippen LogP contribution in [0.4, 0.5) is 9.18 Å². The van der Waals surface area contributed by atoms with Gasteiger partial charge >= 0.3 is 12.0 Å². The van der Waals surface area contributed by atoms with E-state index in [4.69, 9.17) is 16.7 Å². The molecule has 0 bridgehead atoms. The fourth-order valence-electron chi connectivity index (χ4n) is 1.38. The molecule has 0 aliphatic rings. The molecule has 104 valence electrons. The maximum Gasteiger partial charge on any atom is 0.326 e. The van der Waals surface area contributed by atoms with Gasteiger partial charge in [0.25, 0.3) is 0 Å². The van der Waals surface area contributed by atoms with Crippen LogP contribution in [-0.2, 0) is 11.3 Å². The number of carbonyl (C=O) groups excluding carboxylic acids is 1. The lowest BCUT2D eigenvalue weighted by molar-refractivity contribution is -0.139. The van der Waals surface area contributed by atoms with Gasteiger partial charge < -0.3 is 15.7 Å². The van der Waals surface area contributed by atoms with Gasteiger partial charge in [0.15, 0.2) is 0 Å². The van der Waals surface area contributed by atoms with E-state index in [-0.39, 0.29) is 18.0 Å². The van der Waals surface area contributed by atoms with Crippen molar-refractivity contribution in [3.05, 3.63) is 34.6 Å². The Morgan fingerprint density at radius 3 is 2.68 bits per heavy atom. The number of urea groups is 1. The van der Waals surface area contributed by atoms with Gasteiger partial charge in [-0.25, -0.2) is 14.0 Å². The molecule has 3 N–H and O–H groups in total. The predicted octanol–water partition coefficient (Wildman–Crippen LogP) is 2.14. The zero-order chi connectivity index (χ0) is 14.4. The number of rotatable bonds is 5. The van der Waals surface area contributed by atoms with Crippen LogP contribution >= 0.6 is 11.6 Å². The molecule has 0 saturated carbocycles. The summed E-state index contributed by atoms with van der Waals surface area (Å²) in [5.74, 6) is -1.63. The number of carbonyl (C=O) groups is 2. The fraction of sp³-hybridized carbons (Fsp3) is 0.333. The minimum Gasteiger partial charge on any atom is -0.480 e. The van der Waals surface area contributed by atoms with E-state index in [1.165, 1.54) is 18.2 Å². The normalized spacial score (nSPS) is 11.7. The van der Waals surface area contributed by atoms with E-state index in [9.17, 15) is 14.0 Å². The summed E-state index contributed by atoms with van der Waals surface area (Å²) in [5.41, 5.74) is 0.616. The molecule has 1 atom stereocenters. The van der Waals surface area contributed by atoms with Crippen molar-refractivity contribution in [2.45, 2.75) is 25.9 Å². The van der Waals surface area contributed by atoms with Gasteiger partial charge in [-0.05, 0) is 24.1 Å². The minimum absolute atomic E-state index is 0.0309. The number of hydrogen-bond acceptors (Lipinski definition) is 2. The van der Waals surface area contributed by atoms with Crippen LogP contribution in [0.2, 0.25) is 5.02 Å². The third kappa shape index (κ3) is 4.75. The van der Waals surface area contributed by atoms with Crippen LogP contribution in [-0.4, -0.2) is 23.1 Å². The second-order valence-corrected chi connectivity index (χ2v) is 4.28. The molecular weight excluding hydrogens is 275 g/mol. The minimum atomic E-state index is -1.09. The summed E-state index contributed by atoms with van der Waals surface area (Å²) in [6.45, 7) is 1.78. The Morgan fingerprint density at radius 1 is 1.47 bits per heavy atom. The van der Waals surface area contributed by atoms with Crippen molar-refractivity contribution in [1.29, 1.82) is 0 Å². The predicted molar refractivity (Wildman–Crippen MR) is 68.5 cm³/mol. The van der Waals surface area contributed by atoms with Crippen molar-refractivity contribution >= 4 is 23.6 Å². The summed E-state index contributed by atoms with van der Waals surface area (Å²) in [6, 6.07) is 2.54. The van der Waals surface area contributed by atoms with Crippen molar-refractivity contribution in [3.63, 3.8) is 0 Å². The van der Waals surface area contributed by atoms with Crippen LogP contribution in [0.3, 0.4) is 0 Å². The molecule has 2 amide bonds. The summed E-state index contributed by atoms with van der Waals surface area (Å²) < 4.78 is 12.9. The Morgan fingerprint density at radius 2 is 2.16 bits per heavy atom. The quantitative estimate of drug-likeness (QED) is 0.777. The molecule has 7 heteroatoms. The third-order valence-corrected chi connectivity index (χ3v) is 2.74. The van der Waals surface area contributed by atoms with Crippen molar-refractivity contribution in [2.75, 3.05) is 0 Å². The Balaban J connectivity index is 2.49. The van der Waals surface area contributed by atoms with Crippen molar-refractivity contribution in [1.82, 2.24) is 10.6 Å². The highest BCUT2D eigenvalue weighted by molar-refractivity contribution is 6.30. The van der Waals surface area contributed by atoms with Crippen LogP contribution in [0.15, 0.2) is 18.2 Å². The number of amides is 2. The molecule has 1 aromatic rings. The van der Waals surface area contributed by atoms with Crippen molar-refractivity contribution < 1.29 is 19.1 Å². The summed E-state index contributed by atoms with van der Waals surface area (Å²) in [7, 11) is 0. The smallest absolute Gasteiger partial charge is 0.326 e. The first-order valence-corrected chi connectivity index (χ1v) is 6.03. The number of aliphatic carboxylic acids is 1. The van der Waals surface area contributed by atoms with Crippen LogP contribution in [0.1, 0.15) is 18.9 Å². The second kappa shape index (κ2) is 6.94. The maximum absolute atomic E-state index is 12.9. The molecule has 0 spiro atoms. The van der Waals surface area contributed by atoms with Gasteiger partial charge in [-0.2, -0.15) is 0 Å². The van der Waals surface area contributed by atoms with E-state index < -0.39 is 23.9 Å². The van der Waals surface area contributed by atoms with E-state index >= 15 is 0 Å². The molecule has 0 radical (unpaired) electrons. The second-order valence-electron chi connectivity index (χ2n) is 3.87. The topological polar surface area (TPSA) is 78.4 Å². The van der Waals surface area contributed by atoms with E-state index in [1.54, 1.807) is 6.92 Å². The number of carboxylic acids is 1. The van der Waals surface area contributed by atoms with Crippen molar-refractivity contribution in [2.24, 2.45) is 0 Å². The van der Waals surface area contributed by atoms with Gasteiger partial charge in [-0.15, -0.1) is 0 Å². The third-order valence-electron chi connectivity index (χ3n) is 2.45. The Labute approximate surface area is 114 Å².